The first-order valence-corrected chi connectivity index (χ1v) is 5.56. The van der Waals surface area contributed by atoms with Crippen molar-refractivity contribution < 1.29 is 0 Å². The van der Waals surface area contributed by atoms with E-state index in [2.05, 4.69) is 31.0 Å². The highest BCUT2D eigenvalue weighted by atomic mass is 15.1. The molecular formula is C12H20N2. The van der Waals surface area contributed by atoms with Crippen molar-refractivity contribution in [2.45, 2.75) is 32.2 Å². The lowest BCUT2D eigenvalue weighted by Gasteiger charge is -2.28. The van der Waals surface area contributed by atoms with Crippen LogP contribution in [0.5, 0.6) is 0 Å². The van der Waals surface area contributed by atoms with Gasteiger partial charge in [-0.05, 0) is 30.8 Å². The Morgan fingerprint density at radius 1 is 1.50 bits per heavy atom. The summed E-state index contributed by atoms with van der Waals surface area (Å²) in [5, 5.41) is 0. The van der Waals surface area contributed by atoms with Gasteiger partial charge in [0.15, 0.2) is 0 Å². The first-order valence-electron chi connectivity index (χ1n) is 5.56. The van der Waals surface area contributed by atoms with Crippen LogP contribution in [0.1, 0.15) is 26.2 Å². The molecule has 0 amide bonds. The van der Waals surface area contributed by atoms with Crippen LogP contribution in [0.15, 0.2) is 23.4 Å². The Bertz CT molecular complexity index is 278. The van der Waals surface area contributed by atoms with E-state index in [4.69, 9.17) is 5.73 Å². The summed E-state index contributed by atoms with van der Waals surface area (Å²) in [5.41, 5.74) is 9.02. The van der Waals surface area contributed by atoms with Crippen molar-refractivity contribution >= 4 is 0 Å². The molecule has 2 N–H and O–H groups in total. The van der Waals surface area contributed by atoms with Crippen molar-refractivity contribution in [2.75, 3.05) is 13.6 Å². The third-order valence-electron chi connectivity index (χ3n) is 3.32. The molecule has 1 aliphatic heterocycles. The van der Waals surface area contributed by atoms with Crippen LogP contribution in [0.3, 0.4) is 0 Å². The molecule has 0 aromatic rings. The van der Waals surface area contributed by atoms with Crippen molar-refractivity contribution in [3.05, 3.63) is 23.4 Å². The van der Waals surface area contributed by atoms with Crippen molar-refractivity contribution in [2.24, 2.45) is 11.7 Å². The number of hydrogen-bond acceptors (Lipinski definition) is 2. The monoisotopic (exact) mass is 192 g/mol. The average molecular weight is 192 g/mol. The fraction of sp³-hybridized carbons (Fsp3) is 0.667. The largest absolute Gasteiger partial charge is 0.378 e. The number of nitrogens with zero attached hydrogens (tertiary/aromatic N) is 1. The second-order valence-corrected chi connectivity index (χ2v) is 4.61. The van der Waals surface area contributed by atoms with E-state index in [-0.39, 0.29) is 6.04 Å². The fourth-order valence-corrected chi connectivity index (χ4v) is 2.41. The molecule has 0 spiro atoms. The van der Waals surface area contributed by atoms with Crippen molar-refractivity contribution in [1.82, 2.24) is 4.90 Å². The minimum atomic E-state index is 0.263. The molecule has 0 aromatic carbocycles. The molecule has 0 fully saturated rings. The Hall–Kier alpha value is -0.760. The van der Waals surface area contributed by atoms with Crippen LogP contribution in [0.2, 0.25) is 0 Å². The SMILES string of the molecule is CC1C=CC2=C(C1)N(C)CCCC2N. The number of hydrogen-bond donors (Lipinski definition) is 1. The van der Waals surface area contributed by atoms with Crippen LogP contribution in [0.25, 0.3) is 0 Å². The van der Waals surface area contributed by atoms with Crippen LogP contribution in [-0.2, 0) is 0 Å². The van der Waals surface area contributed by atoms with Crippen LogP contribution >= 0.6 is 0 Å². The molecule has 2 nitrogen and oxygen atoms in total. The second-order valence-electron chi connectivity index (χ2n) is 4.61. The maximum atomic E-state index is 6.16. The average Bonchev–Trinajstić information content (AvgIpc) is 2.28. The normalized spacial score (nSPS) is 32.9. The van der Waals surface area contributed by atoms with Crippen molar-refractivity contribution in [3.8, 4) is 0 Å². The summed E-state index contributed by atoms with van der Waals surface area (Å²) in [4.78, 5) is 2.39. The van der Waals surface area contributed by atoms with Crippen molar-refractivity contribution in [1.29, 1.82) is 0 Å². The standard InChI is InChI=1S/C12H20N2/c1-9-5-6-10-11(13)4-3-7-14(2)12(10)8-9/h5-6,9,11H,3-4,7-8,13H2,1-2H3. The third-order valence-corrected chi connectivity index (χ3v) is 3.32. The third kappa shape index (κ3) is 1.71. The zero-order chi connectivity index (χ0) is 10.1. The molecule has 0 aromatic heterocycles. The number of allylic oxidation sites excluding steroid dienone is 2. The Morgan fingerprint density at radius 3 is 3.07 bits per heavy atom. The number of nitrogens with two attached hydrogens (primary N) is 1. The van der Waals surface area contributed by atoms with Crippen LogP contribution in [0.4, 0.5) is 0 Å². The Balaban J connectivity index is 2.31. The molecule has 2 rings (SSSR count). The molecule has 14 heavy (non-hydrogen) atoms. The van der Waals surface area contributed by atoms with Crippen molar-refractivity contribution in [3.63, 3.8) is 0 Å². The van der Waals surface area contributed by atoms with Gasteiger partial charge in [-0.2, -0.15) is 0 Å². The molecule has 2 atom stereocenters. The zero-order valence-corrected chi connectivity index (χ0v) is 9.16. The van der Waals surface area contributed by atoms with Crippen LogP contribution < -0.4 is 5.73 Å². The minimum Gasteiger partial charge on any atom is -0.378 e. The summed E-state index contributed by atoms with van der Waals surface area (Å²) in [6, 6.07) is 0.263. The Labute approximate surface area is 86.5 Å². The van der Waals surface area contributed by atoms with Gasteiger partial charge in [-0.3, -0.25) is 0 Å². The van der Waals surface area contributed by atoms with Gasteiger partial charge in [0.1, 0.15) is 0 Å². The van der Waals surface area contributed by atoms with E-state index in [0.717, 1.165) is 19.4 Å². The van der Waals surface area contributed by atoms with Gasteiger partial charge in [-0.25, -0.2) is 0 Å². The first kappa shape index (κ1) is 9.78. The van der Waals surface area contributed by atoms with Gasteiger partial charge in [0, 0.05) is 25.3 Å². The summed E-state index contributed by atoms with van der Waals surface area (Å²) in [5.74, 6) is 0.668. The molecule has 1 heterocycles. The molecule has 1 aliphatic carbocycles. The fourth-order valence-electron chi connectivity index (χ4n) is 2.41. The van der Waals surface area contributed by atoms with Gasteiger partial charge >= 0.3 is 0 Å². The minimum absolute atomic E-state index is 0.263. The van der Waals surface area contributed by atoms with E-state index in [1.165, 1.54) is 17.7 Å². The van der Waals surface area contributed by atoms with Gasteiger partial charge < -0.3 is 10.6 Å². The summed E-state index contributed by atoms with van der Waals surface area (Å²) in [6.45, 7) is 3.43. The van der Waals surface area contributed by atoms with Gasteiger partial charge in [-0.15, -0.1) is 0 Å². The molecule has 78 valence electrons. The van der Waals surface area contributed by atoms with E-state index in [1.807, 2.05) is 0 Å². The molecule has 0 radical (unpaired) electrons. The summed E-state index contributed by atoms with van der Waals surface area (Å²) >= 11 is 0. The maximum Gasteiger partial charge on any atom is 0.0312 e. The molecule has 2 aliphatic rings. The van der Waals surface area contributed by atoms with Gasteiger partial charge in [0.25, 0.3) is 0 Å². The van der Waals surface area contributed by atoms with Crippen LogP contribution in [-0.4, -0.2) is 24.5 Å². The molecule has 0 saturated carbocycles. The maximum absolute atomic E-state index is 6.16. The van der Waals surface area contributed by atoms with Gasteiger partial charge in [0.05, 0.1) is 0 Å². The Morgan fingerprint density at radius 2 is 2.29 bits per heavy atom. The molecule has 0 saturated heterocycles. The van der Waals surface area contributed by atoms with E-state index in [0.29, 0.717) is 5.92 Å². The lowest BCUT2D eigenvalue weighted by Crippen LogP contribution is -2.26. The molecular weight excluding hydrogens is 172 g/mol. The van der Waals surface area contributed by atoms with E-state index in [9.17, 15) is 0 Å². The molecule has 2 unspecified atom stereocenters. The lowest BCUT2D eigenvalue weighted by atomic mass is 9.91. The Kier molecular flexibility index (Phi) is 2.64. The van der Waals surface area contributed by atoms with Gasteiger partial charge in [-0.1, -0.05) is 19.1 Å². The topological polar surface area (TPSA) is 29.3 Å². The predicted molar refractivity (Wildman–Crippen MR) is 59.8 cm³/mol. The predicted octanol–water partition coefficient (Wildman–Crippen LogP) is 1.89. The second kappa shape index (κ2) is 3.77. The zero-order valence-electron chi connectivity index (χ0n) is 9.16. The summed E-state index contributed by atoms with van der Waals surface area (Å²) in [6.07, 6.45) is 8.04. The highest BCUT2D eigenvalue weighted by molar-refractivity contribution is 5.34. The highest BCUT2D eigenvalue weighted by Crippen LogP contribution is 2.30. The quantitative estimate of drug-likeness (QED) is 0.635. The summed E-state index contributed by atoms with van der Waals surface area (Å²) < 4.78 is 0. The summed E-state index contributed by atoms with van der Waals surface area (Å²) in [7, 11) is 2.19. The first-order chi connectivity index (χ1) is 6.68. The van der Waals surface area contributed by atoms with Gasteiger partial charge in [0.2, 0.25) is 0 Å². The number of rotatable bonds is 0. The van der Waals surface area contributed by atoms with Crippen LogP contribution in [0, 0.1) is 5.92 Å². The molecule has 0 bridgehead atoms. The highest BCUT2D eigenvalue weighted by Gasteiger charge is 2.23. The smallest absolute Gasteiger partial charge is 0.0312 e. The molecule has 2 heteroatoms. The van der Waals surface area contributed by atoms with E-state index >= 15 is 0 Å². The van der Waals surface area contributed by atoms with E-state index < -0.39 is 0 Å². The van der Waals surface area contributed by atoms with E-state index in [1.54, 1.807) is 0 Å². The lowest BCUT2D eigenvalue weighted by molar-refractivity contribution is 0.386.